The molecule has 0 unspecified atom stereocenters. The molecule has 104 valence electrons. The summed E-state index contributed by atoms with van der Waals surface area (Å²) < 4.78 is 10.2. The number of oxazole rings is 1. The molecule has 0 fully saturated rings. The number of nitro groups is 1. The normalized spacial score (nSPS) is 10.3. The number of hydrogen-bond acceptors (Lipinski definition) is 6. The molecule has 0 aliphatic carbocycles. The lowest BCUT2D eigenvalue weighted by Gasteiger charge is -1.96. The number of non-ortho nitro benzene ring substituents is 1. The van der Waals surface area contributed by atoms with Crippen molar-refractivity contribution in [2.24, 2.45) is 0 Å². The van der Waals surface area contributed by atoms with Crippen LogP contribution in [0.5, 0.6) is 0 Å². The summed E-state index contributed by atoms with van der Waals surface area (Å²) in [5.41, 5.74) is 0.636. The van der Waals surface area contributed by atoms with Gasteiger partial charge in [-0.05, 0) is 26.0 Å². The SMILES string of the molecule is CCOC(=O)c1nc(-c2ccc([N+](=O)[O-])cc2)oc1C. The Balaban J connectivity index is 2.32. The molecule has 0 aliphatic rings. The third-order valence-electron chi connectivity index (χ3n) is 2.59. The first-order valence-electron chi connectivity index (χ1n) is 5.92. The Morgan fingerprint density at radius 2 is 2.05 bits per heavy atom. The lowest BCUT2D eigenvalue weighted by molar-refractivity contribution is -0.384. The number of rotatable bonds is 4. The third kappa shape index (κ3) is 2.66. The second-order valence-electron chi connectivity index (χ2n) is 3.95. The summed E-state index contributed by atoms with van der Waals surface area (Å²) in [5.74, 6) is 0.0131. The number of nitro benzene ring substituents is 1. The summed E-state index contributed by atoms with van der Waals surface area (Å²) in [7, 11) is 0. The van der Waals surface area contributed by atoms with E-state index in [1.54, 1.807) is 13.8 Å². The van der Waals surface area contributed by atoms with Gasteiger partial charge in [0, 0.05) is 17.7 Å². The molecule has 0 saturated heterocycles. The van der Waals surface area contributed by atoms with Crippen molar-refractivity contribution in [2.45, 2.75) is 13.8 Å². The van der Waals surface area contributed by atoms with Gasteiger partial charge in [-0.25, -0.2) is 9.78 Å². The van der Waals surface area contributed by atoms with Crippen LogP contribution in [0, 0.1) is 17.0 Å². The van der Waals surface area contributed by atoms with E-state index in [-0.39, 0.29) is 23.9 Å². The lowest BCUT2D eigenvalue weighted by atomic mass is 10.2. The predicted octanol–water partition coefficient (Wildman–Crippen LogP) is 2.73. The number of nitrogens with zero attached hydrogens (tertiary/aromatic N) is 2. The quantitative estimate of drug-likeness (QED) is 0.484. The van der Waals surface area contributed by atoms with Crippen LogP contribution in [0.25, 0.3) is 11.5 Å². The minimum absolute atomic E-state index is 0.0253. The molecule has 0 atom stereocenters. The summed E-state index contributed by atoms with van der Waals surface area (Å²) >= 11 is 0. The van der Waals surface area contributed by atoms with E-state index in [2.05, 4.69) is 4.98 Å². The van der Waals surface area contributed by atoms with Crippen molar-refractivity contribution < 1.29 is 18.9 Å². The Labute approximate surface area is 114 Å². The van der Waals surface area contributed by atoms with Crippen LogP contribution < -0.4 is 0 Å². The van der Waals surface area contributed by atoms with Crippen LogP contribution in [0.3, 0.4) is 0 Å². The van der Waals surface area contributed by atoms with Crippen LogP contribution in [0.15, 0.2) is 28.7 Å². The molecule has 0 N–H and O–H groups in total. The first kappa shape index (κ1) is 13.7. The Bertz CT molecular complexity index is 645. The molecule has 1 aromatic heterocycles. The fourth-order valence-corrected chi connectivity index (χ4v) is 1.63. The number of esters is 1. The van der Waals surface area contributed by atoms with Crippen molar-refractivity contribution in [2.75, 3.05) is 6.61 Å². The second-order valence-corrected chi connectivity index (χ2v) is 3.95. The van der Waals surface area contributed by atoms with Gasteiger partial charge in [0.2, 0.25) is 5.89 Å². The second kappa shape index (κ2) is 5.52. The van der Waals surface area contributed by atoms with Crippen LogP contribution in [0.1, 0.15) is 23.2 Å². The fraction of sp³-hybridized carbons (Fsp3) is 0.231. The average molecular weight is 276 g/mol. The Morgan fingerprint density at radius 3 is 2.60 bits per heavy atom. The van der Waals surface area contributed by atoms with Crippen LogP contribution in [0.4, 0.5) is 5.69 Å². The standard InChI is InChI=1S/C13H12N2O5/c1-3-19-13(16)11-8(2)20-12(14-11)9-4-6-10(7-5-9)15(17)18/h4-7H,3H2,1-2H3. The van der Waals surface area contributed by atoms with Gasteiger partial charge in [0.1, 0.15) is 5.76 Å². The van der Waals surface area contributed by atoms with Gasteiger partial charge in [-0.15, -0.1) is 0 Å². The number of benzene rings is 1. The molecule has 2 rings (SSSR count). The molecule has 0 spiro atoms. The maximum absolute atomic E-state index is 11.6. The zero-order valence-corrected chi connectivity index (χ0v) is 11.0. The Hall–Kier alpha value is -2.70. The molecule has 7 nitrogen and oxygen atoms in total. The van der Waals surface area contributed by atoms with E-state index >= 15 is 0 Å². The van der Waals surface area contributed by atoms with Gasteiger partial charge in [-0.1, -0.05) is 0 Å². The first-order chi connectivity index (χ1) is 9.52. The van der Waals surface area contributed by atoms with E-state index in [0.29, 0.717) is 11.3 Å². The van der Waals surface area contributed by atoms with Gasteiger partial charge in [-0.2, -0.15) is 0 Å². The van der Waals surface area contributed by atoms with Crippen LogP contribution in [-0.4, -0.2) is 22.5 Å². The molecule has 1 heterocycles. The number of ether oxygens (including phenoxy) is 1. The monoisotopic (exact) mass is 276 g/mol. The predicted molar refractivity (Wildman–Crippen MR) is 69.3 cm³/mol. The van der Waals surface area contributed by atoms with Crippen molar-refractivity contribution in [1.29, 1.82) is 0 Å². The van der Waals surface area contributed by atoms with Crippen molar-refractivity contribution in [3.63, 3.8) is 0 Å². The molecule has 0 bridgehead atoms. The van der Waals surface area contributed by atoms with Crippen molar-refractivity contribution >= 4 is 11.7 Å². The Kier molecular flexibility index (Phi) is 3.79. The zero-order valence-electron chi connectivity index (χ0n) is 11.0. The lowest BCUT2D eigenvalue weighted by Crippen LogP contribution is -2.06. The van der Waals surface area contributed by atoms with E-state index < -0.39 is 10.9 Å². The average Bonchev–Trinajstić information content (AvgIpc) is 2.81. The zero-order chi connectivity index (χ0) is 14.7. The van der Waals surface area contributed by atoms with Gasteiger partial charge in [0.15, 0.2) is 5.69 Å². The number of aromatic nitrogens is 1. The maximum atomic E-state index is 11.6. The van der Waals surface area contributed by atoms with Gasteiger partial charge in [-0.3, -0.25) is 10.1 Å². The van der Waals surface area contributed by atoms with Crippen molar-refractivity contribution in [3.8, 4) is 11.5 Å². The third-order valence-corrected chi connectivity index (χ3v) is 2.59. The number of hydrogen-bond donors (Lipinski definition) is 0. The van der Waals surface area contributed by atoms with Crippen molar-refractivity contribution in [3.05, 3.63) is 45.8 Å². The number of carbonyl (C=O) groups is 1. The highest BCUT2D eigenvalue weighted by Gasteiger charge is 2.19. The molecule has 0 amide bonds. The maximum Gasteiger partial charge on any atom is 0.360 e. The van der Waals surface area contributed by atoms with Crippen LogP contribution in [-0.2, 0) is 4.74 Å². The fourth-order valence-electron chi connectivity index (χ4n) is 1.63. The van der Waals surface area contributed by atoms with Gasteiger partial charge >= 0.3 is 5.97 Å². The minimum atomic E-state index is -0.554. The number of aryl methyl sites for hydroxylation is 1. The molecule has 0 saturated carbocycles. The van der Waals surface area contributed by atoms with E-state index in [9.17, 15) is 14.9 Å². The van der Waals surface area contributed by atoms with Crippen molar-refractivity contribution in [1.82, 2.24) is 4.98 Å². The minimum Gasteiger partial charge on any atom is -0.461 e. The van der Waals surface area contributed by atoms with Crippen LogP contribution >= 0.6 is 0 Å². The summed E-state index contributed by atoms with van der Waals surface area (Å²) in [6.07, 6.45) is 0. The molecular formula is C13H12N2O5. The number of carbonyl (C=O) groups excluding carboxylic acids is 1. The molecule has 20 heavy (non-hydrogen) atoms. The highest BCUT2D eigenvalue weighted by molar-refractivity contribution is 5.88. The largest absolute Gasteiger partial charge is 0.461 e. The molecule has 1 aromatic carbocycles. The summed E-state index contributed by atoms with van der Waals surface area (Å²) in [4.78, 5) is 25.8. The highest BCUT2D eigenvalue weighted by atomic mass is 16.6. The van der Waals surface area contributed by atoms with Gasteiger partial charge in [0.25, 0.3) is 5.69 Å². The van der Waals surface area contributed by atoms with E-state index in [4.69, 9.17) is 9.15 Å². The summed E-state index contributed by atoms with van der Waals surface area (Å²) in [6, 6.07) is 5.72. The molecule has 2 aromatic rings. The van der Waals surface area contributed by atoms with Gasteiger partial charge < -0.3 is 9.15 Å². The van der Waals surface area contributed by atoms with E-state index in [0.717, 1.165) is 0 Å². The Morgan fingerprint density at radius 1 is 1.40 bits per heavy atom. The smallest absolute Gasteiger partial charge is 0.360 e. The molecule has 7 heteroatoms. The first-order valence-corrected chi connectivity index (χ1v) is 5.92. The molecular weight excluding hydrogens is 264 g/mol. The summed E-state index contributed by atoms with van der Waals surface area (Å²) in [5, 5.41) is 10.6. The van der Waals surface area contributed by atoms with E-state index in [1.807, 2.05) is 0 Å². The molecule has 0 aliphatic heterocycles. The topological polar surface area (TPSA) is 95.5 Å². The molecule has 0 radical (unpaired) electrons. The van der Waals surface area contributed by atoms with Crippen LogP contribution in [0.2, 0.25) is 0 Å². The van der Waals surface area contributed by atoms with Gasteiger partial charge in [0.05, 0.1) is 11.5 Å². The highest BCUT2D eigenvalue weighted by Crippen LogP contribution is 2.24. The summed E-state index contributed by atoms with van der Waals surface area (Å²) in [6.45, 7) is 3.55. The van der Waals surface area contributed by atoms with E-state index in [1.165, 1.54) is 24.3 Å².